The molecular formula is C21H21FN6. The summed E-state index contributed by atoms with van der Waals surface area (Å²) in [6.07, 6.45) is 6.75. The lowest BCUT2D eigenvalue weighted by molar-refractivity contribution is 0.628. The Morgan fingerprint density at radius 3 is 2.71 bits per heavy atom. The van der Waals surface area contributed by atoms with E-state index in [9.17, 15) is 4.39 Å². The van der Waals surface area contributed by atoms with Crippen LogP contribution in [-0.4, -0.2) is 32.5 Å². The Bertz CT molecular complexity index is 1020. The third-order valence-electron chi connectivity index (χ3n) is 5.11. The molecule has 1 aliphatic carbocycles. The van der Waals surface area contributed by atoms with Crippen LogP contribution in [0.4, 0.5) is 16.2 Å². The lowest BCUT2D eigenvalue weighted by Gasteiger charge is -2.29. The Morgan fingerprint density at radius 2 is 1.96 bits per heavy atom. The summed E-state index contributed by atoms with van der Waals surface area (Å²) in [6.45, 7) is 3.43. The predicted octanol–water partition coefficient (Wildman–Crippen LogP) is 3.52. The number of hydrogen-bond acceptors (Lipinski definition) is 6. The molecule has 0 saturated heterocycles. The molecule has 0 spiro atoms. The van der Waals surface area contributed by atoms with Gasteiger partial charge in [0.25, 0.3) is 0 Å². The van der Waals surface area contributed by atoms with Crippen LogP contribution in [0.2, 0.25) is 0 Å². The van der Waals surface area contributed by atoms with Gasteiger partial charge in [-0.1, -0.05) is 12.1 Å². The smallest absolute Gasteiger partial charge is 0.225 e. The maximum atomic E-state index is 13.7. The van der Waals surface area contributed by atoms with Gasteiger partial charge in [0, 0.05) is 42.5 Å². The summed E-state index contributed by atoms with van der Waals surface area (Å²) in [5.41, 5.74) is 3.84. The average molecular weight is 376 g/mol. The van der Waals surface area contributed by atoms with Gasteiger partial charge in [0.2, 0.25) is 5.95 Å². The van der Waals surface area contributed by atoms with E-state index < -0.39 is 0 Å². The van der Waals surface area contributed by atoms with Crippen LogP contribution in [0.15, 0.2) is 36.7 Å². The Kier molecular flexibility index (Phi) is 4.15. The normalized spacial score (nSPS) is 16.0. The van der Waals surface area contributed by atoms with Crippen LogP contribution >= 0.6 is 0 Å². The number of rotatable bonds is 4. The highest BCUT2D eigenvalue weighted by atomic mass is 19.1. The highest BCUT2D eigenvalue weighted by Gasteiger charge is 2.28. The highest BCUT2D eigenvalue weighted by Crippen LogP contribution is 2.32. The van der Waals surface area contributed by atoms with Crippen LogP contribution in [-0.2, 0) is 13.0 Å². The Hall–Kier alpha value is -3.09. The van der Waals surface area contributed by atoms with Crippen molar-refractivity contribution in [1.82, 2.24) is 19.9 Å². The number of aromatic nitrogens is 4. The second kappa shape index (κ2) is 6.82. The minimum atomic E-state index is -0.279. The number of nitrogens with one attached hydrogen (secondary N) is 1. The van der Waals surface area contributed by atoms with Crippen molar-refractivity contribution >= 4 is 11.8 Å². The maximum absolute atomic E-state index is 13.7. The third kappa shape index (κ3) is 3.40. The summed E-state index contributed by atoms with van der Waals surface area (Å²) in [5, 5.41) is 3.54. The Balaban J connectivity index is 1.52. The van der Waals surface area contributed by atoms with Crippen molar-refractivity contribution in [3.63, 3.8) is 0 Å². The third-order valence-corrected chi connectivity index (χ3v) is 5.11. The van der Waals surface area contributed by atoms with Crippen LogP contribution in [0, 0.1) is 12.7 Å². The molecule has 5 rings (SSSR count). The van der Waals surface area contributed by atoms with E-state index in [-0.39, 0.29) is 5.82 Å². The van der Waals surface area contributed by atoms with Crippen LogP contribution in [0.1, 0.15) is 29.7 Å². The molecule has 0 bridgehead atoms. The minimum absolute atomic E-state index is 0.279. The SMILES string of the molecule is Cc1cnc(N2CCc3nc(-c4cccc(F)c4)nc(NC4CC4)c3C2)nc1. The molecule has 1 saturated carbocycles. The molecule has 2 aliphatic rings. The van der Waals surface area contributed by atoms with Crippen molar-refractivity contribution in [1.29, 1.82) is 0 Å². The highest BCUT2D eigenvalue weighted by molar-refractivity contribution is 5.61. The second-order valence-electron chi connectivity index (χ2n) is 7.48. The predicted molar refractivity (Wildman–Crippen MR) is 106 cm³/mol. The van der Waals surface area contributed by atoms with E-state index in [4.69, 9.17) is 9.97 Å². The van der Waals surface area contributed by atoms with E-state index >= 15 is 0 Å². The van der Waals surface area contributed by atoms with E-state index in [1.54, 1.807) is 6.07 Å². The molecule has 0 amide bonds. The van der Waals surface area contributed by atoms with Gasteiger partial charge in [0.05, 0.1) is 12.2 Å². The molecule has 1 fully saturated rings. The average Bonchev–Trinajstić information content (AvgIpc) is 3.52. The monoisotopic (exact) mass is 376 g/mol. The molecule has 1 N–H and O–H groups in total. The van der Waals surface area contributed by atoms with E-state index in [1.165, 1.54) is 12.1 Å². The lowest BCUT2D eigenvalue weighted by Crippen LogP contribution is -2.33. The van der Waals surface area contributed by atoms with Crippen LogP contribution < -0.4 is 10.2 Å². The lowest BCUT2D eigenvalue weighted by atomic mass is 10.1. The number of anilines is 2. The molecule has 0 radical (unpaired) electrons. The zero-order valence-corrected chi connectivity index (χ0v) is 15.7. The fourth-order valence-corrected chi connectivity index (χ4v) is 3.43. The Morgan fingerprint density at radius 1 is 1.14 bits per heavy atom. The first-order chi connectivity index (χ1) is 13.7. The largest absolute Gasteiger partial charge is 0.367 e. The van der Waals surface area contributed by atoms with Crippen molar-refractivity contribution in [3.05, 3.63) is 59.3 Å². The molecule has 1 aromatic carbocycles. The van der Waals surface area contributed by atoms with Crippen molar-refractivity contribution in [2.75, 3.05) is 16.8 Å². The number of nitrogens with zero attached hydrogens (tertiary/aromatic N) is 5. The van der Waals surface area contributed by atoms with E-state index in [2.05, 4.69) is 20.2 Å². The van der Waals surface area contributed by atoms with Crippen molar-refractivity contribution in [3.8, 4) is 11.4 Å². The van der Waals surface area contributed by atoms with Crippen molar-refractivity contribution in [2.45, 2.75) is 38.8 Å². The minimum Gasteiger partial charge on any atom is -0.367 e. The maximum Gasteiger partial charge on any atom is 0.225 e. The van der Waals surface area contributed by atoms with Gasteiger partial charge in [0.15, 0.2) is 5.82 Å². The van der Waals surface area contributed by atoms with Crippen LogP contribution in [0.25, 0.3) is 11.4 Å². The molecule has 142 valence electrons. The van der Waals surface area contributed by atoms with Crippen LogP contribution in [0.5, 0.6) is 0 Å². The Labute approximate surface area is 162 Å². The zero-order valence-electron chi connectivity index (χ0n) is 15.7. The first kappa shape index (κ1) is 17.0. The summed E-state index contributed by atoms with van der Waals surface area (Å²) >= 11 is 0. The first-order valence-electron chi connectivity index (χ1n) is 9.61. The summed E-state index contributed by atoms with van der Waals surface area (Å²) in [5.74, 6) is 1.87. The first-order valence-corrected chi connectivity index (χ1v) is 9.61. The standard InChI is InChI=1S/C21H21FN6/c1-13-10-23-21(24-11-13)28-8-7-18-17(12-28)20(25-16-5-6-16)27-19(26-18)14-3-2-4-15(22)9-14/h2-4,9-11,16H,5-8,12H2,1H3,(H,25,26,27). The molecule has 3 aromatic rings. The molecule has 0 unspecified atom stereocenters. The summed E-state index contributed by atoms with van der Waals surface area (Å²) < 4.78 is 13.7. The van der Waals surface area contributed by atoms with Crippen LogP contribution in [0.3, 0.4) is 0 Å². The van der Waals surface area contributed by atoms with Gasteiger partial charge in [-0.25, -0.2) is 24.3 Å². The van der Waals surface area contributed by atoms with E-state index in [0.29, 0.717) is 24.0 Å². The molecule has 2 aromatic heterocycles. The molecule has 3 heterocycles. The molecule has 0 atom stereocenters. The molecule has 6 nitrogen and oxygen atoms in total. The molecular weight excluding hydrogens is 355 g/mol. The van der Waals surface area contributed by atoms with Gasteiger partial charge in [-0.2, -0.15) is 0 Å². The summed E-state index contributed by atoms with van der Waals surface area (Å²) in [6, 6.07) is 6.92. The van der Waals surface area contributed by atoms with Gasteiger partial charge < -0.3 is 10.2 Å². The molecule has 28 heavy (non-hydrogen) atoms. The topological polar surface area (TPSA) is 66.8 Å². The van der Waals surface area contributed by atoms with Gasteiger partial charge >= 0.3 is 0 Å². The quantitative estimate of drug-likeness (QED) is 0.752. The van der Waals surface area contributed by atoms with E-state index in [0.717, 1.165) is 54.4 Å². The fourth-order valence-electron chi connectivity index (χ4n) is 3.43. The number of aryl methyl sites for hydroxylation is 1. The number of fused-ring (bicyclic) bond motifs is 1. The van der Waals surface area contributed by atoms with Gasteiger partial charge in [0.1, 0.15) is 11.6 Å². The number of halogens is 1. The van der Waals surface area contributed by atoms with Crippen molar-refractivity contribution in [2.24, 2.45) is 0 Å². The van der Waals surface area contributed by atoms with Gasteiger partial charge in [-0.05, 0) is 37.5 Å². The van der Waals surface area contributed by atoms with Gasteiger partial charge in [-0.3, -0.25) is 0 Å². The molecule has 7 heteroatoms. The molecule has 1 aliphatic heterocycles. The zero-order chi connectivity index (χ0) is 19.1. The number of hydrogen-bond donors (Lipinski definition) is 1. The summed E-state index contributed by atoms with van der Waals surface area (Å²) in [4.78, 5) is 20.6. The fraction of sp³-hybridized carbons (Fsp3) is 0.333. The second-order valence-corrected chi connectivity index (χ2v) is 7.48. The van der Waals surface area contributed by atoms with Crippen molar-refractivity contribution < 1.29 is 4.39 Å². The van der Waals surface area contributed by atoms with E-state index in [1.807, 2.05) is 25.4 Å². The van der Waals surface area contributed by atoms with Gasteiger partial charge in [-0.15, -0.1) is 0 Å². The number of benzene rings is 1. The summed E-state index contributed by atoms with van der Waals surface area (Å²) in [7, 11) is 0.